The van der Waals surface area contributed by atoms with Gasteiger partial charge in [0.2, 0.25) is 6.10 Å². The number of oxime groups is 1. The third kappa shape index (κ3) is 3.27. The van der Waals surface area contributed by atoms with Crippen molar-refractivity contribution in [3.63, 3.8) is 0 Å². The van der Waals surface area contributed by atoms with Crippen LogP contribution < -0.4 is 5.32 Å². The monoisotopic (exact) mass is 278 g/mol. The van der Waals surface area contributed by atoms with E-state index in [4.69, 9.17) is 9.57 Å². The number of para-hydroxylation sites is 1. The summed E-state index contributed by atoms with van der Waals surface area (Å²) in [5.74, 6) is -0.104. The maximum absolute atomic E-state index is 12.0. The van der Waals surface area contributed by atoms with Crippen molar-refractivity contribution in [1.29, 1.82) is 0 Å². The van der Waals surface area contributed by atoms with Gasteiger partial charge in [0.25, 0.3) is 5.91 Å². The van der Waals surface area contributed by atoms with Crippen molar-refractivity contribution in [3.8, 4) is 5.75 Å². The zero-order chi connectivity index (χ0) is 14.5. The average Bonchev–Trinajstić information content (AvgIpc) is 2.89. The first-order chi connectivity index (χ1) is 9.61. The normalized spacial score (nSPS) is 19.1. The molecule has 0 saturated carbocycles. The Morgan fingerprint density at radius 2 is 2.35 bits per heavy atom. The Labute approximate surface area is 117 Å². The van der Waals surface area contributed by atoms with E-state index in [1.807, 2.05) is 6.92 Å². The Bertz CT molecular complexity index is 516. The Hall–Kier alpha value is -2.08. The summed E-state index contributed by atoms with van der Waals surface area (Å²) < 4.78 is 4.96. The largest absolute Gasteiger partial charge is 0.507 e. The SMILES string of the molecule is COC[C@@H](C)NC(=O)[C@H]1CC(c2ccccc2O)=NO1. The minimum atomic E-state index is -0.663. The standard InChI is InChI=1S/C14H18N2O4/c1-9(8-19-2)15-14(18)13-7-11(16-20-13)10-5-3-4-6-12(10)17/h3-6,9,13,17H,7-8H2,1-2H3,(H,15,18)/t9-,13-/m1/s1. The van der Waals surface area contributed by atoms with E-state index in [1.54, 1.807) is 31.4 Å². The molecule has 1 heterocycles. The fourth-order valence-corrected chi connectivity index (χ4v) is 2.02. The summed E-state index contributed by atoms with van der Waals surface area (Å²) in [4.78, 5) is 17.1. The molecule has 0 unspecified atom stereocenters. The first-order valence-electron chi connectivity index (χ1n) is 6.42. The molecular formula is C14H18N2O4. The van der Waals surface area contributed by atoms with Gasteiger partial charge >= 0.3 is 0 Å². The van der Waals surface area contributed by atoms with E-state index in [1.165, 1.54) is 0 Å². The molecule has 0 spiro atoms. The molecule has 1 aromatic rings. The quantitative estimate of drug-likeness (QED) is 0.843. The Balaban J connectivity index is 1.95. The van der Waals surface area contributed by atoms with Gasteiger partial charge < -0.3 is 20.0 Å². The van der Waals surface area contributed by atoms with E-state index in [0.29, 0.717) is 24.3 Å². The number of carbonyl (C=O) groups is 1. The highest BCUT2D eigenvalue weighted by molar-refractivity contribution is 6.05. The third-order valence-electron chi connectivity index (χ3n) is 2.98. The summed E-state index contributed by atoms with van der Waals surface area (Å²) in [5.41, 5.74) is 1.16. The van der Waals surface area contributed by atoms with Gasteiger partial charge in [0.15, 0.2) is 0 Å². The third-order valence-corrected chi connectivity index (χ3v) is 2.98. The van der Waals surface area contributed by atoms with Gasteiger partial charge in [-0.1, -0.05) is 17.3 Å². The molecule has 0 aliphatic carbocycles. The number of rotatable bonds is 5. The van der Waals surface area contributed by atoms with Gasteiger partial charge in [0, 0.05) is 25.1 Å². The van der Waals surface area contributed by atoms with Crippen LogP contribution in [0.1, 0.15) is 18.9 Å². The second-order valence-electron chi connectivity index (χ2n) is 4.72. The van der Waals surface area contributed by atoms with Crippen molar-refractivity contribution in [2.45, 2.75) is 25.5 Å². The minimum absolute atomic E-state index is 0.0923. The van der Waals surface area contributed by atoms with Crippen LogP contribution in [0.3, 0.4) is 0 Å². The zero-order valence-corrected chi connectivity index (χ0v) is 11.5. The zero-order valence-electron chi connectivity index (χ0n) is 11.5. The van der Waals surface area contributed by atoms with Crippen LogP contribution in [0.25, 0.3) is 0 Å². The minimum Gasteiger partial charge on any atom is -0.507 e. The second kappa shape index (κ2) is 6.38. The number of phenols is 1. The fraction of sp³-hybridized carbons (Fsp3) is 0.429. The lowest BCUT2D eigenvalue weighted by Crippen LogP contribution is -2.42. The number of methoxy groups -OCH3 is 1. The van der Waals surface area contributed by atoms with Gasteiger partial charge in [-0.2, -0.15) is 0 Å². The molecule has 0 saturated heterocycles. The number of aromatic hydroxyl groups is 1. The number of benzene rings is 1. The van der Waals surface area contributed by atoms with Crippen LogP contribution in [0.15, 0.2) is 29.4 Å². The smallest absolute Gasteiger partial charge is 0.264 e. The van der Waals surface area contributed by atoms with Crippen molar-refractivity contribution in [1.82, 2.24) is 5.32 Å². The molecule has 20 heavy (non-hydrogen) atoms. The van der Waals surface area contributed by atoms with Gasteiger partial charge in [-0.3, -0.25) is 4.79 Å². The fourth-order valence-electron chi connectivity index (χ4n) is 2.02. The highest BCUT2D eigenvalue weighted by Gasteiger charge is 2.30. The van der Waals surface area contributed by atoms with Crippen molar-refractivity contribution in [2.24, 2.45) is 5.16 Å². The van der Waals surface area contributed by atoms with Crippen LogP contribution in [0.2, 0.25) is 0 Å². The lowest BCUT2D eigenvalue weighted by molar-refractivity contribution is -0.132. The maximum Gasteiger partial charge on any atom is 0.264 e. The summed E-state index contributed by atoms with van der Waals surface area (Å²) in [6.07, 6.45) is -0.327. The number of amides is 1. The number of nitrogens with one attached hydrogen (secondary N) is 1. The Morgan fingerprint density at radius 1 is 1.60 bits per heavy atom. The van der Waals surface area contributed by atoms with Crippen LogP contribution in [0.5, 0.6) is 5.75 Å². The number of carbonyl (C=O) groups excluding carboxylic acids is 1. The van der Waals surface area contributed by atoms with Gasteiger partial charge in [-0.15, -0.1) is 0 Å². The van der Waals surface area contributed by atoms with E-state index in [9.17, 15) is 9.90 Å². The number of phenolic OH excluding ortho intramolecular Hbond substituents is 1. The number of hydrogen-bond donors (Lipinski definition) is 2. The van der Waals surface area contributed by atoms with Crippen LogP contribution >= 0.6 is 0 Å². The van der Waals surface area contributed by atoms with Crippen molar-refractivity contribution in [3.05, 3.63) is 29.8 Å². The van der Waals surface area contributed by atoms with Crippen molar-refractivity contribution < 1.29 is 19.5 Å². The first-order valence-corrected chi connectivity index (χ1v) is 6.42. The number of ether oxygens (including phenoxy) is 1. The highest BCUT2D eigenvalue weighted by Crippen LogP contribution is 2.23. The predicted octanol–water partition coefficient (Wildman–Crippen LogP) is 1.04. The van der Waals surface area contributed by atoms with Gasteiger partial charge in [-0.25, -0.2) is 0 Å². The summed E-state index contributed by atoms with van der Waals surface area (Å²) in [7, 11) is 1.58. The van der Waals surface area contributed by atoms with Crippen LogP contribution in [0.4, 0.5) is 0 Å². The summed E-state index contributed by atoms with van der Waals surface area (Å²) >= 11 is 0. The summed E-state index contributed by atoms with van der Waals surface area (Å²) in [5, 5.41) is 16.4. The lowest BCUT2D eigenvalue weighted by Gasteiger charge is -2.15. The second-order valence-corrected chi connectivity index (χ2v) is 4.72. The molecule has 108 valence electrons. The molecule has 1 aliphatic rings. The molecule has 6 nitrogen and oxygen atoms in total. The summed E-state index contributed by atoms with van der Waals surface area (Å²) in [6.45, 7) is 2.28. The molecular weight excluding hydrogens is 260 g/mol. The molecule has 2 atom stereocenters. The lowest BCUT2D eigenvalue weighted by atomic mass is 10.0. The number of nitrogens with zero attached hydrogens (tertiary/aromatic N) is 1. The summed E-state index contributed by atoms with van der Waals surface area (Å²) in [6, 6.07) is 6.75. The molecule has 1 amide bonds. The maximum atomic E-state index is 12.0. The predicted molar refractivity (Wildman–Crippen MR) is 73.6 cm³/mol. The van der Waals surface area contributed by atoms with E-state index < -0.39 is 6.10 Å². The van der Waals surface area contributed by atoms with E-state index in [0.717, 1.165) is 0 Å². The van der Waals surface area contributed by atoms with Gasteiger partial charge in [0.05, 0.1) is 12.3 Å². The molecule has 2 N–H and O–H groups in total. The first kappa shape index (κ1) is 14.3. The van der Waals surface area contributed by atoms with E-state index in [-0.39, 0.29) is 17.7 Å². The molecule has 1 aliphatic heterocycles. The number of hydrogen-bond acceptors (Lipinski definition) is 5. The molecule has 0 fully saturated rings. The molecule has 0 bridgehead atoms. The average molecular weight is 278 g/mol. The van der Waals surface area contributed by atoms with E-state index >= 15 is 0 Å². The topological polar surface area (TPSA) is 80.2 Å². The Kier molecular flexibility index (Phi) is 4.57. The molecule has 0 aromatic heterocycles. The van der Waals surface area contributed by atoms with Crippen LogP contribution in [-0.2, 0) is 14.4 Å². The van der Waals surface area contributed by atoms with Gasteiger partial charge in [0.1, 0.15) is 5.75 Å². The van der Waals surface area contributed by atoms with Crippen LogP contribution in [-0.4, -0.2) is 42.6 Å². The molecule has 1 aromatic carbocycles. The van der Waals surface area contributed by atoms with Crippen LogP contribution in [0, 0.1) is 0 Å². The molecule has 2 rings (SSSR count). The highest BCUT2D eigenvalue weighted by atomic mass is 16.6. The molecule has 0 radical (unpaired) electrons. The Morgan fingerprint density at radius 3 is 3.05 bits per heavy atom. The van der Waals surface area contributed by atoms with Crippen molar-refractivity contribution in [2.75, 3.05) is 13.7 Å². The van der Waals surface area contributed by atoms with Crippen molar-refractivity contribution >= 4 is 11.6 Å². The van der Waals surface area contributed by atoms with Gasteiger partial charge in [-0.05, 0) is 19.1 Å². The van der Waals surface area contributed by atoms with E-state index in [2.05, 4.69) is 10.5 Å². The molecule has 6 heteroatoms.